The van der Waals surface area contributed by atoms with Crippen LogP contribution in [0.4, 0.5) is 0 Å². The van der Waals surface area contributed by atoms with Gasteiger partial charge in [-0.15, -0.1) is 0 Å². The van der Waals surface area contributed by atoms with Crippen LogP contribution in [0, 0.1) is 0 Å². The van der Waals surface area contributed by atoms with Crippen LogP contribution in [0.5, 0.6) is 0 Å². The quantitative estimate of drug-likeness (QED) is 0.0261. The summed E-state index contributed by atoms with van der Waals surface area (Å²) in [6.45, 7) is 6.71. The Morgan fingerprint density at radius 2 is 0.456 bits per heavy atom. The molecule has 0 aliphatic heterocycles. The monoisotopic (exact) mass is 1110 g/mol. The molecule has 0 amide bonds. The lowest BCUT2D eigenvalue weighted by Crippen LogP contribution is -2.30. The van der Waals surface area contributed by atoms with Crippen LogP contribution in [0.2, 0.25) is 0 Å². The Morgan fingerprint density at radius 1 is 0.253 bits per heavy atom. The van der Waals surface area contributed by atoms with Crippen LogP contribution in [-0.2, 0) is 28.6 Å². The predicted molar refractivity (Wildman–Crippen MR) is 344 cm³/mol. The molecule has 0 N–H and O–H groups in total. The first-order valence-electron chi connectivity index (χ1n) is 35.8. The van der Waals surface area contributed by atoms with E-state index in [4.69, 9.17) is 14.2 Å². The fourth-order valence-corrected chi connectivity index (χ4v) is 11.1. The highest BCUT2D eigenvalue weighted by atomic mass is 16.6. The lowest BCUT2D eigenvalue weighted by Gasteiger charge is -2.18. The highest BCUT2D eigenvalue weighted by Gasteiger charge is 2.19. The molecule has 0 saturated carbocycles. The van der Waals surface area contributed by atoms with Gasteiger partial charge >= 0.3 is 17.9 Å². The molecule has 0 rings (SSSR count). The largest absolute Gasteiger partial charge is 0.462 e. The maximum Gasteiger partial charge on any atom is 0.306 e. The van der Waals surface area contributed by atoms with Crippen molar-refractivity contribution in [1.82, 2.24) is 0 Å². The van der Waals surface area contributed by atoms with Crippen LogP contribution < -0.4 is 0 Å². The van der Waals surface area contributed by atoms with E-state index in [1.54, 1.807) is 0 Å². The van der Waals surface area contributed by atoms with Gasteiger partial charge in [-0.1, -0.05) is 360 Å². The second-order valence-electron chi connectivity index (χ2n) is 24.5. The summed E-state index contributed by atoms with van der Waals surface area (Å²) in [5.41, 5.74) is 0. The van der Waals surface area contributed by atoms with E-state index < -0.39 is 6.10 Å². The minimum absolute atomic E-state index is 0.0680. The normalized spacial score (nSPS) is 12.1. The summed E-state index contributed by atoms with van der Waals surface area (Å²) < 4.78 is 17.0. The molecule has 6 nitrogen and oxygen atoms in total. The number of hydrogen-bond acceptors (Lipinski definition) is 6. The molecule has 1 atom stereocenters. The Labute approximate surface area is 493 Å². The van der Waals surface area contributed by atoms with Crippen molar-refractivity contribution in [3.63, 3.8) is 0 Å². The Hall–Kier alpha value is -2.11. The van der Waals surface area contributed by atoms with Crippen LogP contribution in [0.25, 0.3) is 0 Å². The Kier molecular flexibility index (Phi) is 66.6. The van der Waals surface area contributed by atoms with Crippen molar-refractivity contribution in [2.75, 3.05) is 13.2 Å². The van der Waals surface area contributed by atoms with Crippen LogP contribution >= 0.6 is 0 Å². The van der Waals surface area contributed by atoms with Crippen molar-refractivity contribution in [2.45, 2.75) is 412 Å². The summed E-state index contributed by atoms with van der Waals surface area (Å²) in [5, 5.41) is 0. The summed E-state index contributed by atoms with van der Waals surface area (Å²) in [7, 11) is 0. The molecule has 0 aliphatic carbocycles. The van der Waals surface area contributed by atoms with Crippen LogP contribution in [0.3, 0.4) is 0 Å². The first kappa shape index (κ1) is 76.9. The third kappa shape index (κ3) is 66.6. The molecule has 1 unspecified atom stereocenters. The molecule has 0 spiro atoms. The van der Waals surface area contributed by atoms with Crippen molar-refractivity contribution in [3.05, 3.63) is 24.3 Å². The predicted octanol–water partition coefficient (Wildman–Crippen LogP) is 24.6. The van der Waals surface area contributed by atoms with Crippen LogP contribution in [0.15, 0.2) is 24.3 Å². The third-order valence-electron chi connectivity index (χ3n) is 16.5. The number of allylic oxidation sites excluding steroid dienone is 4. The molecular formula is C73H138O6. The SMILES string of the molecule is CCCCCC/C=C\C/C=C\CCCCCCCCCC(=O)OC(COC(=O)CCCCCCCCCCCCCCCCCC)COC(=O)CCCCCCCCCCCCCCCCCCCCCCCCCCCCC. The average molecular weight is 1110 g/mol. The minimum Gasteiger partial charge on any atom is -0.462 e. The lowest BCUT2D eigenvalue weighted by atomic mass is 10.0. The van der Waals surface area contributed by atoms with Crippen molar-refractivity contribution in [2.24, 2.45) is 0 Å². The fraction of sp³-hybridized carbons (Fsp3) is 0.904. The molecule has 0 heterocycles. The molecule has 79 heavy (non-hydrogen) atoms. The van der Waals surface area contributed by atoms with E-state index in [9.17, 15) is 14.4 Å². The van der Waals surface area contributed by atoms with Crippen molar-refractivity contribution in [3.8, 4) is 0 Å². The number of hydrogen-bond donors (Lipinski definition) is 0. The van der Waals surface area contributed by atoms with E-state index in [0.29, 0.717) is 19.3 Å². The van der Waals surface area contributed by atoms with Gasteiger partial charge in [-0.05, 0) is 51.4 Å². The molecule has 6 heteroatoms. The number of rotatable bonds is 67. The number of carbonyl (C=O) groups excluding carboxylic acids is 3. The summed E-state index contributed by atoms with van der Waals surface area (Å²) >= 11 is 0. The van der Waals surface area contributed by atoms with E-state index in [0.717, 1.165) is 70.6 Å². The van der Waals surface area contributed by atoms with Gasteiger partial charge in [0.05, 0.1) is 0 Å². The standard InChI is InChI=1S/C73H138O6/c1-4-7-10-13-16-19-22-25-28-31-33-34-35-36-37-38-39-40-41-43-45-48-51-54-57-60-63-66-72(75)78-69-70(68-77-71(74)65-62-59-56-53-50-47-44-30-27-24-21-18-15-12-9-6-3)79-73(76)67-64-61-58-55-52-49-46-42-32-29-26-23-20-17-14-11-8-5-2/h20,23,29,32,70H,4-19,21-22,24-28,30-31,33-69H2,1-3H3/b23-20-,32-29-. The number of carbonyl (C=O) groups is 3. The molecule has 0 fully saturated rings. The van der Waals surface area contributed by atoms with Crippen molar-refractivity contribution >= 4 is 17.9 Å². The highest BCUT2D eigenvalue weighted by molar-refractivity contribution is 5.71. The molecular weight excluding hydrogens is 973 g/mol. The van der Waals surface area contributed by atoms with Crippen LogP contribution in [-0.4, -0.2) is 37.2 Å². The second-order valence-corrected chi connectivity index (χ2v) is 24.5. The van der Waals surface area contributed by atoms with Gasteiger partial charge in [-0.3, -0.25) is 14.4 Å². The Morgan fingerprint density at radius 3 is 0.709 bits per heavy atom. The van der Waals surface area contributed by atoms with Gasteiger partial charge < -0.3 is 14.2 Å². The van der Waals surface area contributed by atoms with Gasteiger partial charge in [0.1, 0.15) is 13.2 Å². The van der Waals surface area contributed by atoms with E-state index in [1.807, 2.05) is 0 Å². The van der Waals surface area contributed by atoms with Crippen molar-refractivity contribution in [1.29, 1.82) is 0 Å². The fourth-order valence-electron chi connectivity index (χ4n) is 11.1. The van der Waals surface area contributed by atoms with E-state index in [-0.39, 0.29) is 31.1 Å². The van der Waals surface area contributed by atoms with Gasteiger partial charge in [-0.2, -0.15) is 0 Å². The molecule has 0 aromatic rings. The smallest absolute Gasteiger partial charge is 0.306 e. The number of esters is 3. The van der Waals surface area contributed by atoms with Gasteiger partial charge in [-0.25, -0.2) is 0 Å². The summed E-state index contributed by atoms with van der Waals surface area (Å²) in [6, 6.07) is 0. The zero-order chi connectivity index (χ0) is 57.1. The molecule has 0 aromatic carbocycles. The minimum atomic E-state index is -0.773. The van der Waals surface area contributed by atoms with E-state index >= 15 is 0 Å². The summed E-state index contributed by atoms with van der Waals surface area (Å²) in [4.78, 5) is 38.4. The molecule has 0 bridgehead atoms. The molecule has 466 valence electrons. The van der Waals surface area contributed by atoms with Gasteiger partial charge in [0.25, 0.3) is 0 Å². The summed E-state index contributed by atoms with van der Waals surface area (Å²) in [5.74, 6) is -0.842. The van der Waals surface area contributed by atoms with Crippen molar-refractivity contribution < 1.29 is 28.6 Å². The molecule has 0 aliphatic rings. The molecule has 0 saturated heterocycles. The summed E-state index contributed by atoms with van der Waals surface area (Å²) in [6.07, 6.45) is 83.5. The Balaban J connectivity index is 4.23. The maximum absolute atomic E-state index is 12.9. The van der Waals surface area contributed by atoms with E-state index in [2.05, 4.69) is 45.1 Å². The van der Waals surface area contributed by atoms with Gasteiger partial charge in [0.15, 0.2) is 6.10 Å². The van der Waals surface area contributed by atoms with Gasteiger partial charge in [0.2, 0.25) is 0 Å². The zero-order valence-corrected chi connectivity index (χ0v) is 53.7. The molecule has 0 aromatic heterocycles. The number of ether oxygens (including phenoxy) is 3. The maximum atomic E-state index is 12.9. The van der Waals surface area contributed by atoms with E-state index in [1.165, 1.54) is 295 Å². The van der Waals surface area contributed by atoms with Crippen LogP contribution in [0.1, 0.15) is 406 Å². The second kappa shape index (κ2) is 68.4. The third-order valence-corrected chi connectivity index (χ3v) is 16.5. The molecule has 0 radical (unpaired) electrons. The lowest BCUT2D eigenvalue weighted by molar-refractivity contribution is -0.167. The van der Waals surface area contributed by atoms with Gasteiger partial charge in [0, 0.05) is 19.3 Å². The highest BCUT2D eigenvalue weighted by Crippen LogP contribution is 2.19. The Bertz CT molecular complexity index is 1270. The first-order valence-corrected chi connectivity index (χ1v) is 35.8. The zero-order valence-electron chi connectivity index (χ0n) is 53.7. The first-order chi connectivity index (χ1) is 39.0. The number of unbranched alkanes of at least 4 members (excludes halogenated alkanes) is 52. The average Bonchev–Trinajstić information content (AvgIpc) is 3.45. The topological polar surface area (TPSA) is 78.9 Å².